The monoisotopic (exact) mass is 355 g/mol. The van der Waals surface area contributed by atoms with E-state index in [1.165, 1.54) is 12.1 Å². The Bertz CT molecular complexity index is 664. The van der Waals surface area contributed by atoms with Crippen molar-refractivity contribution in [1.82, 2.24) is 0 Å². The number of hydrogen-bond acceptors (Lipinski definition) is 2. The van der Waals surface area contributed by atoms with Crippen molar-refractivity contribution in [2.45, 2.75) is 18.6 Å². The lowest BCUT2D eigenvalue weighted by atomic mass is 9.93. The molecule has 3 rings (SSSR count). The lowest BCUT2D eigenvalue weighted by Gasteiger charge is -2.31. The summed E-state index contributed by atoms with van der Waals surface area (Å²) in [6.07, 6.45) is 0.422. The molecule has 5 heteroatoms. The third-order valence-electron chi connectivity index (χ3n) is 3.42. The Labute approximate surface area is 129 Å². The molecule has 2 N–H and O–H groups in total. The van der Waals surface area contributed by atoms with Crippen LogP contribution in [0.2, 0.25) is 5.02 Å². The summed E-state index contributed by atoms with van der Waals surface area (Å²) in [6, 6.07) is 9.85. The van der Waals surface area contributed by atoms with Crippen LogP contribution in [0.3, 0.4) is 0 Å². The molecule has 2 aromatic carbocycles. The van der Waals surface area contributed by atoms with Gasteiger partial charge in [0.25, 0.3) is 0 Å². The molecule has 0 saturated heterocycles. The molecule has 1 heterocycles. The Hall–Kier alpha value is -1.10. The zero-order chi connectivity index (χ0) is 14.3. The van der Waals surface area contributed by atoms with Gasteiger partial charge in [0.05, 0.1) is 0 Å². The van der Waals surface area contributed by atoms with Gasteiger partial charge in [-0.15, -0.1) is 0 Å². The van der Waals surface area contributed by atoms with Crippen molar-refractivity contribution in [2.75, 3.05) is 0 Å². The van der Waals surface area contributed by atoms with Gasteiger partial charge in [-0.2, -0.15) is 0 Å². The van der Waals surface area contributed by atoms with Crippen molar-refractivity contribution in [3.63, 3.8) is 0 Å². The summed E-state index contributed by atoms with van der Waals surface area (Å²) in [5.74, 6) is 0.447. The van der Waals surface area contributed by atoms with Crippen LogP contribution in [-0.4, -0.2) is 0 Å². The average molecular weight is 357 g/mol. The summed E-state index contributed by atoms with van der Waals surface area (Å²) in [5.41, 5.74) is 8.00. The lowest BCUT2D eigenvalue weighted by Crippen LogP contribution is -2.24. The van der Waals surface area contributed by atoms with Gasteiger partial charge in [-0.05, 0) is 30.3 Å². The largest absolute Gasteiger partial charge is 0.485 e. The second kappa shape index (κ2) is 5.35. The molecule has 1 aliphatic rings. The Kier molecular flexibility index (Phi) is 3.71. The third-order valence-corrected chi connectivity index (χ3v) is 4.34. The summed E-state index contributed by atoms with van der Waals surface area (Å²) in [6.45, 7) is 0. The van der Waals surface area contributed by atoms with Crippen LogP contribution in [0.1, 0.15) is 29.7 Å². The minimum Gasteiger partial charge on any atom is -0.485 e. The number of rotatable bonds is 1. The molecule has 2 nitrogen and oxygen atoms in total. The van der Waals surface area contributed by atoms with E-state index in [0.29, 0.717) is 15.9 Å². The van der Waals surface area contributed by atoms with Crippen LogP contribution in [-0.2, 0) is 0 Å². The highest BCUT2D eigenvalue weighted by atomic mass is 79.9. The smallest absolute Gasteiger partial charge is 0.127 e. The van der Waals surface area contributed by atoms with E-state index >= 15 is 0 Å². The van der Waals surface area contributed by atoms with Crippen LogP contribution in [0.4, 0.5) is 4.39 Å². The van der Waals surface area contributed by atoms with Gasteiger partial charge in [-0.3, -0.25) is 0 Å². The summed E-state index contributed by atoms with van der Waals surface area (Å²) in [7, 11) is 0. The molecule has 2 aromatic rings. The predicted molar refractivity (Wildman–Crippen MR) is 80.5 cm³/mol. The van der Waals surface area contributed by atoms with Crippen LogP contribution >= 0.6 is 27.5 Å². The maximum absolute atomic E-state index is 13.2. The Morgan fingerprint density at radius 2 is 2.00 bits per heavy atom. The molecule has 0 saturated carbocycles. The van der Waals surface area contributed by atoms with E-state index in [0.717, 1.165) is 16.9 Å². The molecule has 0 fully saturated rings. The fourth-order valence-electron chi connectivity index (χ4n) is 2.43. The van der Waals surface area contributed by atoms with Gasteiger partial charge in [0, 0.05) is 33.1 Å². The first-order chi connectivity index (χ1) is 9.54. The SMILES string of the molecule is NC1CC(c2ccc(F)cc2Br)Oc2ccc(Cl)cc21. The van der Waals surface area contributed by atoms with Crippen molar-refractivity contribution < 1.29 is 9.13 Å². The van der Waals surface area contributed by atoms with Crippen molar-refractivity contribution in [2.24, 2.45) is 5.73 Å². The normalized spacial score (nSPS) is 21.2. The Morgan fingerprint density at radius 3 is 2.75 bits per heavy atom. The maximum atomic E-state index is 13.2. The molecule has 0 radical (unpaired) electrons. The Balaban J connectivity index is 1.97. The van der Waals surface area contributed by atoms with Crippen molar-refractivity contribution >= 4 is 27.5 Å². The number of halogens is 3. The van der Waals surface area contributed by atoms with Gasteiger partial charge in [0.1, 0.15) is 17.7 Å². The highest BCUT2D eigenvalue weighted by Gasteiger charge is 2.28. The zero-order valence-corrected chi connectivity index (χ0v) is 12.8. The highest BCUT2D eigenvalue weighted by Crippen LogP contribution is 2.42. The van der Waals surface area contributed by atoms with Crippen LogP contribution in [0.25, 0.3) is 0 Å². The number of nitrogens with two attached hydrogens (primary N) is 1. The van der Waals surface area contributed by atoms with Gasteiger partial charge in [0.2, 0.25) is 0 Å². The van der Waals surface area contributed by atoms with E-state index in [9.17, 15) is 4.39 Å². The minimum absolute atomic E-state index is 0.153. The zero-order valence-electron chi connectivity index (χ0n) is 10.4. The van der Waals surface area contributed by atoms with Crippen LogP contribution in [0.15, 0.2) is 40.9 Å². The first-order valence-electron chi connectivity index (χ1n) is 6.21. The van der Waals surface area contributed by atoms with E-state index in [-0.39, 0.29) is 18.0 Å². The lowest BCUT2D eigenvalue weighted by molar-refractivity contribution is 0.161. The fraction of sp³-hybridized carbons (Fsp3) is 0.200. The predicted octanol–water partition coefficient (Wildman–Crippen LogP) is 4.77. The van der Waals surface area contributed by atoms with Crippen LogP contribution < -0.4 is 10.5 Å². The van der Waals surface area contributed by atoms with Crippen LogP contribution in [0, 0.1) is 5.82 Å². The molecule has 20 heavy (non-hydrogen) atoms. The average Bonchev–Trinajstić information content (AvgIpc) is 2.39. The van der Waals surface area contributed by atoms with Crippen molar-refractivity contribution in [3.8, 4) is 5.75 Å². The number of hydrogen-bond donors (Lipinski definition) is 1. The fourth-order valence-corrected chi connectivity index (χ4v) is 3.22. The second-order valence-electron chi connectivity index (χ2n) is 4.80. The van der Waals surface area contributed by atoms with E-state index in [1.807, 2.05) is 12.1 Å². The maximum Gasteiger partial charge on any atom is 0.127 e. The van der Waals surface area contributed by atoms with Gasteiger partial charge >= 0.3 is 0 Å². The van der Waals surface area contributed by atoms with E-state index in [2.05, 4.69) is 15.9 Å². The van der Waals surface area contributed by atoms with E-state index in [1.54, 1.807) is 12.1 Å². The van der Waals surface area contributed by atoms with Gasteiger partial charge in [-0.1, -0.05) is 33.6 Å². The molecular formula is C15H12BrClFNO. The summed E-state index contributed by atoms with van der Waals surface area (Å²) in [5, 5.41) is 0.643. The van der Waals surface area contributed by atoms with Gasteiger partial charge in [0.15, 0.2) is 0 Å². The molecule has 0 aromatic heterocycles. The summed E-state index contributed by atoms with van der Waals surface area (Å²) in [4.78, 5) is 0. The van der Waals surface area contributed by atoms with E-state index < -0.39 is 0 Å². The van der Waals surface area contributed by atoms with Crippen molar-refractivity contribution in [1.29, 1.82) is 0 Å². The first-order valence-corrected chi connectivity index (χ1v) is 7.38. The standard InChI is InChI=1S/C15H12BrClFNO/c16-12-6-9(18)2-3-10(12)15-7-13(19)11-5-8(17)1-4-14(11)20-15/h1-6,13,15H,7,19H2. The highest BCUT2D eigenvalue weighted by molar-refractivity contribution is 9.10. The molecule has 0 amide bonds. The quantitative estimate of drug-likeness (QED) is 0.799. The second-order valence-corrected chi connectivity index (χ2v) is 6.09. The molecule has 0 bridgehead atoms. The van der Waals surface area contributed by atoms with Crippen molar-refractivity contribution in [3.05, 3.63) is 62.8 Å². The first kappa shape index (κ1) is 13.9. The number of fused-ring (bicyclic) bond motifs is 1. The molecule has 104 valence electrons. The Morgan fingerprint density at radius 1 is 1.20 bits per heavy atom. The minimum atomic E-state index is -0.284. The van der Waals surface area contributed by atoms with E-state index in [4.69, 9.17) is 22.1 Å². The van der Waals surface area contributed by atoms with Gasteiger partial charge < -0.3 is 10.5 Å². The third kappa shape index (κ3) is 2.55. The summed E-state index contributed by atoms with van der Waals surface area (Å²) >= 11 is 9.35. The van der Waals surface area contributed by atoms with Crippen LogP contribution in [0.5, 0.6) is 5.75 Å². The topological polar surface area (TPSA) is 35.2 Å². The molecule has 2 unspecified atom stereocenters. The molecular weight excluding hydrogens is 345 g/mol. The molecule has 0 aliphatic carbocycles. The number of benzene rings is 2. The molecule has 0 spiro atoms. The summed E-state index contributed by atoms with van der Waals surface area (Å²) < 4.78 is 19.8. The molecule has 2 atom stereocenters. The molecule has 1 aliphatic heterocycles. The number of ether oxygens (including phenoxy) is 1. The van der Waals surface area contributed by atoms with Gasteiger partial charge in [-0.25, -0.2) is 4.39 Å².